The lowest BCUT2D eigenvalue weighted by Gasteiger charge is -2.16. The van der Waals surface area contributed by atoms with Crippen molar-refractivity contribution in [1.29, 1.82) is 0 Å². The second-order valence-electron chi connectivity index (χ2n) is 3.74. The molecule has 1 saturated heterocycles. The van der Waals surface area contributed by atoms with Crippen LogP contribution < -0.4 is 4.90 Å². The van der Waals surface area contributed by atoms with E-state index >= 15 is 0 Å². The number of hydrogen-bond acceptors (Lipinski definition) is 1. The molecular weight excluding hydrogens is 233 g/mol. The standard InChI is InChI=1S/C11H11Cl2NO/c1-7-4-9(2-3-10(7)13)14-6-8(12)5-11(14)15/h2-4,8H,5-6H2,1H3. The van der Waals surface area contributed by atoms with Crippen LogP contribution >= 0.6 is 23.2 Å². The van der Waals surface area contributed by atoms with E-state index < -0.39 is 0 Å². The average molecular weight is 244 g/mol. The molecule has 1 aromatic rings. The van der Waals surface area contributed by atoms with Gasteiger partial charge >= 0.3 is 0 Å². The van der Waals surface area contributed by atoms with Crippen LogP contribution in [-0.2, 0) is 4.79 Å². The molecular formula is C11H11Cl2NO. The van der Waals surface area contributed by atoms with Gasteiger partial charge in [-0.25, -0.2) is 0 Å². The molecule has 15 heavy (non-hydrogen) atoms. The Hall–Kier alpha value is -0.730. The predicted molar refractivity (Wildman–Crippen MR) is 62.8 cm³/mol. The minimum Gasteiger partial charge on any atom is -0.311 e. The van der Waals surface area contributed by atoms with Gasteiger partial charge in [-0.3, -0.25) is 4.79 Å². The maximum absolute atomic E-state index is 11.6. The summed E-state index contributed by atoms with van der Waals surface area (Å²) < 4.78 is 0. The first kappa shape index (κ1) is 10.8. The van der Waals surface area contributed by atoms with Crippen molar-refractivity contribution < 1.29 is 4.79 Å². The Balaban J connectivity index is 2.30. The number of alkyl halides is 1. The van der Waals surface area contributed by atoms with Crippen LogP contribution in [0.5, 0.6) is 0 Å². The smallest absolute Gasteiger partial charge is 0.228 e. The van der Waals surface area contributed by atoms with E-state index in [4.69, 9.17) is 23.2 Å². The maximum Gasteiger partial charge on any atom is 0.228 e. The summed E-state index contributed by atoms with van der Waals surface area (Å²) in [6.07, 6.45) is 0.420. The summed E-state index contributed by atoms with van der Waals surface area (Å²) in [4.78, 5) is 13.3. The van der Waals surface area contributed by atoms with Crippen LogP contribution in [0.1, 0.15) is 12.0 Å². The third-order valence-corrected chi connectivity index (χ3v) is 3.25. The molecule has 1 aromatic carbocycles. The highest BCUT2D eigenvalue weighted by Gasteiger charge is 2.29. The number of carbonyl (C=O) groups is 1. The van der Waals surface area contributed by atoms with Gasteiger partial charge < -0.3 is 4.90 Å². The molecule has 80 valence electrons. The number of aryl methyl sites for hydroxylation is 1. The summed E-state index contributed by atoms with van der Waals surface area (Å²) in [5.41, 5.74) is 1.85. The average Bonchev–Trinajstić information content (AvgIpc) is 2.50. The Morgan fingerprint density at radius 1 is 1.47 bits per heavy atom. The Labute approximate surface area is 98.8 Å². The zero-order chi connectivity index (χ0) is 11.0. The quantitative estimate of drug-likeness (QED) is 0.695. The van der Waals surface area contributed by atoms with Crippen LogP contribution in [0.15, 0.2) is 18.2 Å². The third kappa shape index (κ3) is 2.11. The number of anilines is 1. The second-order valence-corrected chi connectivity index (χ2v) is 4.76. The van der Waals surface area contributed by atoms with Gasteiger partial charge in [0.25, 0.3) is 0 Å². The Kier molecular flexibility index (Phi) is 2.89. The highest BCUT2D eigenvalue weighted by Crippen LogP contribution is 2.27. The number of halogens is 2. The van der Waals surface area contributed by atoms with Gasteiger partial charge in [0.15, 0.2) is 0 Å². The second kappa shape index (κ2) is 4.03. The number of carbonyl (C=O) groups excluding carboxylic acids is 1. The number of amides is 1. The topological polar surface area (TPSA) is 20.3 Å². The van der Waals surface area contributed by atoms with Crippen LogP contribution in [0, 0.1) is 6.92 Å². The molecule has 2 rings (SSSR count). The summed E-state index contributed by atoms with van der Waals surface area (Å²) in [5.74, 6) is 0.0803. The number of benzene rings is 1. The fraction of sp³-hybridized carbons (Fsp3) is 0.364. The number of rotatable bonds is 1. The first-order valence-corrected chi connectivity index (χ1v) is 5.60. The number of hydrogen-bond donors (Lipinski definition) is 0. The van der Waals surface area contributed by atoms with Crippen LogP contribution in [0.4, 0.5) is 5.69 Å². The van der Waals surface area contributed by atoms with E-state index in [1.807, 2.05) is 19.1 Å². The van der Waals surface area contributed by atoms with Gasteiger partial charge in [-0.2, -0.15) is 0 Å². The minimum atomic E-state index is -0.0755. The molecule has 1 atom stereocenters. The lowest BCUT2D eigenvalue weighted by atomic mass is 10.2. The lowest BCUT2D eigenvalue weighted by molar-refractivity contribution is -0.117. The molecule has 0 aliphatic carbocycles. The van der Waals surface area contributed by atoms with Crippen molar-refractivity contribution in [2.45, 2.75) is 18.7 Å². The number of nitrogens with zero attached hydrogens (tertiary/aromatic N) is 1. The summed E-state index contributed by atoms with van der Waals surface area (Å²) in [7, 11) is 0. The molecule has 0 N–H and O–H groups in total. The Bertz CT molecular complexity index is 406. The van der Waals surface area contributed by atoms with Crippen molar-refractivity contribution in [1.82, 2.24) is 0 Å². The van der Waals surface area contributed by atoms with Gasteiger partial charge in [0, 0.05) is 23.7 Å². The third-order valence-electron chi connectivity index (χ3n) is 2.53. The molecule has 4 heteroatoms. The van der Waals surface area contributed by atoms with Crippen LogP contribution in [-0.4, -0.2) is 17.8 Å². The molecule has 1 unspecified atom stereocenters. The van der Waals surface area contributed by atoms with Crippen LogP contribution in [0.25, 0.3) is 0 Å². The molecule has 1 aliphatic heterocycles. The Morgan fingerprint density at radius 3 is 2.73 bits per heavy atom. The predicted octanol–water partition coefficient (Wildman–Crippen LogP) is 2.99. The van der Waals surface area contributed by atoms with Gasteiger partial charge in [0.2, 0.25) is 5.91 Å². The van der Waals surface area contributed by atoms with E-state index in [9.17, 15) is 4.79 Å². The molecule has 1 fully saturated rings. The molecule has 0 bridgehead atoms. The highest BCUT2D eigenvalue weighted by atomic mass is 35.5. The summed E-state index contributed by atoms with van der Waals surface area (Å²) >= 11 is 11.9. The van der Waals surface area contributed by atoms with E-state index in [-0.39, 0.29) is 11.3 Å². The molecule has 1 heterocycles. The minimum absolute atomic E-state index is 0.0755. The van der Waals surface area contributed by atoms with Crippen molar-refractivity contribution in [3.63, 3.8) is 0 Å². The normalized spacial score (nSPS) is 21.1. The summed E-state index contributed by atoms with van der Waals surface area (Å²) in [6.45, 7) is 2.51. The molecule has 1 amide bonds. The van der Waals surface area contributed by atoms with E-state index in [1.54, 1.807) is 11.0 Å². The molecule has 0 aromatic heterocycles. The first-order valence-electron chi connectivity index (χ1n) is 4.78. The SMILES string of the molecule is Cc1cc(N2CC(Cl)CC2=O)ccc1Cl. The van der Waals surface area contributed by atoms with Crippen molar-refractivity contribution in [2.24, 2.45) is 0 Å². The fourth-order valence-corrected chi connectivity index (χ4v) is 2.10. The molecule has 0 spiro atoms. The molecule has 0 saturated carbocycles. The zero-order valence-corrected chi connectivity index (χ0v) is 9.85. The van der Waals surface area contributed by atoms with Gasteiger partial charge in [-0.1, -0.05) is 11.6 Å². The van der Waals surface area contributed by atoms with Gasteiger partial charge in [0.1, 0.15) is 0 Å². The van der Waals surface area contributed by atoms with Crippen molar-refractivity contribution >= 4 is 34.8 Å². The van der Waals surface area contributed by atoms with Crippen molar-refractivity contribution in [3.8, 4) is 0 Å². The zero-order valence-electron chi connectivity index (χ0n) is 8.34. The van der Waals surface area contributed by atoms with Crippen LogP contribution in [0.3, 0.4) is 0 Å². The molecule has 2 nitrogen and oxygen atoms in total. The molecule has 0 radical (unpaired) electrons. The monoisotopic (exact) mass is 243 g/mol. The van der Waals surface area contributed by atoms with E-state index in [0.717, 1.165) is 11.3 Å². The van der Waals surface area contributed by atoms with Crippen LogP contribution in [0.2, 0.25) is 5.02 Å². The summed E-state index contributed by atoms with van der Waals surface area (Å²) in [6, 6.07) is 5.57. The fourth-order valence-electron chi connectivity index (χ4n) is 1.71. The van der Waals surface area contributed by atoms with Crippen molar-refractivity contribution in [2.75, 3.05) is 11.4 Å². The maximum atomic E-state index is 11.6. The van der Waals surface area contributed by atoms with Crippen molar-refractivity contribution in [3.05, 3.63) is 28.8 Å². The lowest BCUT2D eigenvalue weighted by Crippen LogP contribution is -2.24. The largest absolute Gasteiger partial charge is 0.311 e. The first-order chi connectivity index (χ1) is 7.08. The summed E-state index contributed by atoms with van der Waals surface area (Å²) in [5, 5.41) is 0.640. The highest BCUT2D eigenvalue weighted by molar-refractivity contribution is 6.31. The molecule has 1 aliphatic rings. The van der Waals surface area contributed by atoms with E-state index in [1.165, 1.54) is 0 Å². The van der Waals surface area contributed by atoms with E-state index in [0.29, 0.717) is 18.0 Å². The van der Waals surface area contributed by atoms with Gasteiger partial charge in [-0.05, 0) is 30.7 Å². The van der Waals surface area contributed by atoms with Gasteiger partial charge in [0.05, 0.1) is 5.38 Å². The Morgan fingerprint density at radius 2 is 2.20 bits per heavy atom. The van der Waals surface area contributed by atoms with Gasteiger partial charge in [-0.15, -0.1) is 11.6 Å². The van der Waals surface area contributed by atoms with E-state index in [2.05, 4.69) is 0 Å².